The Morgan fingerprint density at radius 3 is 2.64 bits per heavy atom. The van der Waals surface area contributed by atoms with E-state index in [1.54, 1.807) is 41.7 Å². The zero-order valence-corrected chi connectivity index (χ0v) is 16.4. The van der Waals surface area contributed by atoms with Crippen LogP contribution < -0.4 is 10.6 Å². The second-order valence-corrected chi connectivity index (χ2v) is 7.20. The Bertz CT molecular complexity index is 1040. The Kier molecular flexibility index (Phi) is 6.85. The van der Waals surface area contributed by atoms with Gasteiger partial charge in [-0.15, -0.1) is 11.3 Å². The maximum Gasteiger partial charge on any atom is 0.252 e. The van der Waals surface area contributed by atoms with E-state index in [9.17, 15) is 9.59 Å². The molecule has 0 atom stereocenters. The van der Waals surface area contributed by atoms with Crippen molar-refractivity contribution in [3.05, 3.63) is 87.1 Å². The standard InChI is InChI=1S/C22H17ClN2O2S/c23-20-9-2-1-8-19(20)22(27)24-13-12-21(26)25-17-6-3-5-16(15-17)10-11-18-7-4-14-28-18/h1-9,14-15H,12-13H2,(H,24,27)(H,25,26). The summed E-state index contributed by atoms with van der Waals surface area (Å²) >= 11 is 7.57. The zero-order valence-electron chi connectivity index (χ0n) is 14.9. The van der Waals surface area contributed by atoms with E-state index >= 15 is 0 Å². The molecule has 0 saturated carbocycles. The first-order chi connectivity index (χ1) is 13.6. The Hall–Kier alpha value is -3.07. The van der Waals surface area contributed by atoms with Crippen molar-refractivity contribution in [1.29, 1.82) is 0 Å². The minimum atomic E-state index is -0.302. The Balaban J connectivity index is 1.50. The summed E-state index contributed by atoms with van der Waals surface area (Å²) in [5, 5.41) is 7.87. The smallest absolute Gasteiger partial charge is 0.252 e. The Morgan fingerprint density at radius 1 is 1.00 bits per heavy atom. The molecule has 0 unspecified atom stereocenters. The summed E-state index contributed by atoms with van der Waals surface area (Å²) in [5.74, 6) is 5.67. The van der Waals surface area contributed by atoms with E-state index < -0.39 is 0 Å². The minimum Gasteiger partial charge on any atom is -0.351 e. The van der Waals surface area contributed by atoms with Crippen LogP contribution in [0.1, 0.15) is 27.2 Å². The summed E-state index contributed by atoms with van der Waals surface area (Å²) in [4.78, 5) is 25.2. The highest BCUT2D eigenvalue weighted by Gasteiger charge is 2.10. The molecule has 0 aliphatic rings. The maximum absolute atomic E-state index is 12.1. The van der Waals surface area contributed by atoms with E-state index in [2.05, 4.69) is 22.5 Å². The molecule has 1 heterocycles. The van der Waals surface area contributed by atoms with Crippen LogP contribution in [-0.2, 0) is 4.79 Å². The fourth-order valence-electron chi connectivity index (χ4n) is 2.41. The number of nitrogens with one attached hydrogen (secondary N) is 2. The third-order valence-electron chi connectivity index (χ3n) is 3.75. The number of carbonyl (C=O) groups is 2. The molecular formula is C22H17ClN2O2S. The van der Waals surface area contributed by atoms with E-state index in [0.717, 1.165) is 10.4 Å². The van der Waals surface area contributed by atoms with Crippen molar-refractivity contribution in [3.8, 4) is 11.8 Å². The molecule has 0 bridgehead atoms. The van der Waals surface area contributed by atoms with Crippen LogP contribution in [-0.4, -0.2) is 18.4 Å². The fraction of sp³-hybridized carbons (Fsp3) is 0.0909. The molecule has 6 heteroatoms. The van der Waals surface area contributed by atoms with Crippen molar-refractivity contribution >= 4 is 40.4 Å². The first-order valence-corrected chi connectivity index (χ1v) is 9.86. The van der Waals surface area contributed by atoms with E-state index in [1.165, 1.54) is 0 Å². The van der Waals surface area contributed by atoms with E-state index in [-0.39, 0.29) is 24.8 Å². The summed E-state index contributed by atoms with van der Waals surface area (Å²) in [6.07, 6.45) is 0.154. The molecular weight excluding hydrogens is 392 g/mol. The highest BCUT2D eigenvalue weighted by atomic mass is 35.5. The van der Waals surface area contributed by atoms with Crippen molar-refractivity contribution in [2.45, 2.75) is 6.42 Å². The number of hydrogen-bond acceptors (Lipinski definition) is 3. The van der Waals surface area contributed by atoms with Crippen molar-refractivity contribution in [3.63, 3.8) is 0 Å². The average Bonchev–Trinajstić information content (AvgIpc) is 3.20. The van der Waals surface area contributed by atoms with Gasteiger partial charge < -0.3 is 10.6 Å². The lowest BCUT2D eigenvalue weighted by atomic mass is 10.2. The second kappa shape index (κ2) is 9.75. The first-order valence-electron chi connectivity index (χ1n) is 8.60. The van der Waals surface area contributed by atoms with Crippen molar-refractivity contribution in [1.82, 2.24) is 5.32 Å². The third-order valence-corrected chi connectivity index (χ3v) is 4.87. The molecule has 2 N–H and O–H groups in total. The SMILES string of the molecule is O=C(CCNC(=O)c1ccccc1Cl)Nc1cccc(C#Cc2cccs2)c1. The van der Waals surface area contributed by atoms with Crippen LogP contribution >= 0.6 is 22.9 Å². The molecule has 2 amide bonds. The molecule has 1 aromatic heterocycles. The largest absolute Gasteiger partial charge is 0.351 e. The highest BCUT2D eigenvalue weighted by Crippen LogP contribution is 2.14. The van der Waals surface area contributed by atoms with Crippen LogP contribution in [0.3, 0.4) is 0 Å². The lowest BCUT2D eigenvalue weighted by Gasteiger charge is -2.08. The first kappa shape index (κ1) is 19.7. The Labute approximate surface area is 172 Å². The topological polar surface area (TPSA) is 58.2 Å². The molecule has 0 saturated heterocycles. The second-order valence-electron chi connectivity index (χ2n) is 5.84. The van der Waals surface area contributed by atoms with Gasteiger partial charge in [-0.2, -0.15) is 0 Å². The van der Waals surface area contributed by atoms with Crippen LogP contribution in [0.15, 0.2) is 66.0 Å². The third kappa shape index (κ3) is 5.71. The molecule has 0 aliphatic carbocycles. The van der Waals surface area contributed by atoms with Gasteiger partial charge in [-0.1, -0.05) is 47.7 Å². The molecule has 3 aromatic rings. The molecule has 28 heavy (non-hydrogen) atoms. The van der Waals surface area contributed by atoms with Gasteiger partial charge in [0, 0.05) is 24.2 Å². The van der Waals surface area contributed by atoms with Crippen molar-refractivity contribution in [2.24, 2.45) is 0 Å². The number of hydrogen-bond donors (Lipinski definition) is 2. The lowest BCUT2D eigenvalue weighted by molar-refractivity contribution is -0.116. The van der Waals surface area contributed by atoms with Crippen LogP contribution in [0.4, 0.5) is 5.69 Å². The zero-order chi connectivity index (χ0) is 19.8. The van der Waals surface area contributed by atoms with Gasteiger partial charge in [0.2, 0.25) is 5.91 Å². The predicted octanol–water partition coefficient (Wildman–Crippen LogP) is 4.56. The number of halogens is 1. The van der Waals surface area contributed by atoms with Gasteiger partial charge in [-0.05, 0) is 41.8 Å². The number of amides is 2. The van der Waals surface area contributed by atoms with Crippen LogP contribution in [0.5, 0.6) is 0 Å². The van der Waals surface area contributed by atoms with E-state index in [4.69, 9.17) is 11.6 Å². The van der Waals surface area contributed by atoms with Gasteiger partial charge in [0.15, 0.2) is 0 Å². The quantitative estimate of drug-likeness (QED) is 0.608. The predicted molar refractivity (Wildman–Crippen MR) is 114 cm³/mol. The number of benzene rings is 2. The number of rotatable bonds is 5. The maximum atomic E-state index is 12.1. The molecule has 140 valence electrons. The molecule has 0 spiro atoms. The monoisotopic (exact) mass is 408 g/mol. The highest BCUT2D eigenvalue weighted by molar-refractivity contribution is 7.10. The van der Waals surface area contributed by atoms with E-state index in [1.807, 2.05) is 35.7 Å². The summed E-state index contributed by atoms with van der Waals surface area (Å²) in [6.45, 7) is 0.216. The van der Waals surface area contributed by atoms with Gasteiger partial charge in [0.1, 0.15) is 0 Å². The van der Waals surface area contributed by atoms with Crippen molar-refractivity contribution in [2.75, 3.05) is 11.9 Å². The fourth-order valence-corrected chi connectivity index (χ4v) is 3.20. The summed E-state index contributed by atoms with van der Waals surface area (Å²) < 4.78 is 0. The molecule has 2 aromatic carbocycles. The van der Waals surface area contributed by atoms with Gasteiger partial charge in [0.05, 0.1) is 15.5 Å². The summed E-state index contributed by atoms with van der Waals surface area (Å²) in [5.41, 5.74) is 1.88. The molecule has 0 aliphatic heterocycles. The van der Waals surface area contributed by atoms with Gasteiger partial charge in [-0.25, -0.2) is 0 Å². The normalized spacial score (nSPS) is 9.89. The number of carbonyl (C=O) groups excluding carboxylic acids is 2. The van der Waals surface area contributed by atoms with E-state index in [0.29, 0.717) is 16.3 Å². The summed E-state index contributed by atoms with van der Waals surface area (Å²) in [7, 11) is 0. The van der Waals surface area contributed by atoms with Gasteiger partial charge in [-0.3, -0.25) is 9.59 Å². The van der Waals surface area contributed by atoms with Gasteiger partial charge >= 0.3 is 0 Å². The number of anilines is 1. The van der Waals surface area contributed by atoms with Crippen LogP contribution in [0.25, 0.3) is 0 Å². The molecule has 0 radical (unpaired) electrons. The summed E-state index contributed by atoms with van der Waals surface area (Å²) in [6, 6.07) is 18.0. The van der Waals surface area contributed by atoms with Crippen molar-refractivity contribution < 1.29 is 9.59 Å². The molecule has 3 rings (SSSR count). The average molecular weight is 409 g/mol. The lowest BCUT2D eigenvalue weighted by Crippen LogP contribution is -2.27. The van der Waals surface area contributed by atoms with Gasteiger partial charge in [0.25, 0.3) is 5.91 Å². The minimum absolute atomic E-state index is 0.154. The van der Waals surface area contributed by atoms with Crippen LogP contribution in [0, 0.1) is 11.8 Å². The Morgan fingerprint density at radius 2 is 1.86 bits per heavy atom. The molecule has 4 nitrogen and oxygen atoms in total. The number of thiophene rings is 1. The molecule has 0 fully saturated rings. The van der Waals surface area contributed by atoms with Crippen LogP contribution in [0.2, 0.25) is 5.02 Å².